The lowest BCUT2D eigenvalue weighted by molar-refractivity contribution is -0.137. The number of hydrogen-bond acceptors (Lipinski definition) is 7. The number of carbonyl (C=O) groups is 2. The highest BCUT2D eigenvalue weighted by molar-refractivity contribution is 7.19. The Morgan fingerprint density at radius 3 is 2.37 bits per heavy atom. The van der Waals surface area contributed by atoms with Crippen LogP contribution in [0.25, 0.3) is 21.2 Å². The Bertz CT molecular complexity index is 1530. The van der Waals surface area contributed by atoms with Gasteiger partial charge in [0, 0.05) is 23.8 Å². The highest BCUT2D eigenvalue weighted by Gasteiger charge is 2.30. The van der Waals surface area contributed by atoms with Crippen LogP contribution in [0.15, 0.2) is 60.9 Å². The molecule has 13 heteroatoms. The van der Waals surface area contributed by atoms with Crippen molar-refractivity contribution < 1.29 is 36.6 Å². The van der Waals surface area contributed by atoms with Gasteiger partial charge in [0.05, 0.1) is 16.5 Å². The number of thiazole rings is 1. The fraction of sp³-hybridized carbons (Fsp3) is 0.286. The van der Waals surface area contributed by atoms with E-state index in [1.165, 1.54) is 35.7 Å². The van der Waals surface area contributed by atoms with Crippen molar-refractivity contribution in [2.45, 2.75) is 45.0 Å². The second-order valence-electron chi connectivity index (χ2n) is 10.1. The lowest BCUT2D eigenvalue weighted by atomic mass is 10.0. The summed E-state index contributed by atoms with van der Waals surface area (Å²) in [5, 5.41) is 6.79. The molecular weight excluding hydrogens is 564 g/mol. The molecule has 2 amide bonds. The number of aromatic nitrogens is 2. The third-order valence-corrected chi connectivity index (χ3v) is 6.55. The number of hydrogen-bond donors (Lipinski definition) is 2. The smallest absolute Gasteiger partial charge is 0.416 e. The summed E-state index contributed by atoms with van der Waals surface area (Å²) in [7, 11) is 0. The highest BCUT2D eigenvalue weighted by atomic mass is 32.1. The van der Waals surface area contributed by atoms with E-state index in [1.807, 2.05) is 6.07 Å². The van der Waals surface area contributed by atoms with Crippen LogP contribution in [0, 0.1) is 5.95 Å². The molecule has 1 atom stereocenters. The van der Waals surface area contributed by atoms with Crippen LogP contribution in [0.5, 0.6) is 0 Å². The number of anilines is 1. The Balaban J connectivity index is 1.39. The highest BCUT2D eigenvalue weighted by Crippen LogP contribution is 2.31. The van der Waals surface area contributed by atoms with Crippen LogP contribution in [-0.4, -0.2) is 40.4 Å². The molecule has 4 aromatic rings. The van der Waals surface area contributed by atoms with Crippen LogP contribution >= 0.6 is 11.3 Å². The average Bonchev–Trinajstić information content (AvgIpc) is 3.34. The Kier molecular flexibility index (Phi) is 8.76. The predicted octanol–water partition coefficient (Wildman–Crippen LogP) is 7.20. The molecular formula is C28H26F4N4O4S. The lowest BCUT2D eigenvalue weighted by Crippen LogP contribution is -2.43. The van der Waals surface area contributed by atoms with E-state index in [0.717, 1.165) is 23.1 Å². The van der Waals surface area contributed by atoms with Gasteiger partial charge in [-0.15, -0.1) is 0 Å². The number of carbonyl (C=O) groups excluding carboxylic acids is 2. The molecule has 0 fully saturated rings. The van der Waals surface area contributed by atoms with Gasteiger partial charge in [-0.3, -0.25) is 5.32 Å². The number of rotatable bonds is 7. The maximum atomic E-state index is 13.5. The summed E-state index contributed by atoms with van der Waals surface area (Å²) in [5.41, 5.74) is -0.345. The van der Waals surface area contributed by atoms with E-state index in [4.69, 9.17) is 9.47 Å². The molecule has 0 bridgehead atoms. The number of benzene rings is 2. The van der Waals surface area contributed by atoms with Crippen LogP contribution in [0.4, 0.5) is 32.3 Å². The van der Waals surface area contributed by atoms with Gasteiger partial charge >= 0.3 is 18.4 Å². The third-order valence-electron chi connectivity index (χ3n) is 5.59. The number of nitrogens with zero attached hydrogens (tertiary/aromatic N) is 2. The van der Waals surface area contributed by atoms with E-state index in [9.17, 15) is 27.2 Å². The van der Waals surface area contributed by atoms with Gasteiger partial charge in [-0.2, -0.15) is 17.6 Å². The van der Waals surface area contributed by atoms with E-state index in [2.05, 4.69) is 20.6 Å². The number of fused-ring (bicyclic) bond motifs is 1. The SMILES string of the molecule is CC(C)(C)OC(=O)N[C@H](COC(=O)Nc1ncc(-c2ccc3cnc(F)cc3c2)s1)Cc1ccc(C(F)(F)F)cc1. The summed E-state index contributed by atoms with van der Waals surface area (Å²) in [4.78, 5) is 33.4. The first-order chi connectivity index (χ1) is 19.2. The van der Waals surface area contributed by atoms with Crippen molar-refractivity contribution in [3.05, 3.63) is 78.0 Å². The summed E-state index contributed by atoms with van der Waals surface area (Å²) >= 11 is 1.17. The minimum atomic E-state index is -4.48. The summed E-state index contributed by atoms with van der Waals surface area (Å²) in [6.45, 7) is 4.74. The van der Waals surface area contributed by atoms with Crippen molar-refractivity contribution in [3.8, 4) is 10.4 Å². The van der Waals surface area contributed by atoms with Gasteiger partial charge in [0.2, 0.25) is 5.95 Å². The molecule has 0 aliphatic carbocycles. The Morgan fingerprint density at radius 2 is 1.68 bits per heavy atom. The van der Waals surface area contributed by atoms with E-state index < -0.39 is 41.5 Å². The van der Waals surface area contributed by atoms with Crippen molar-refractivity contribution >= 4 is 39.4 Å². The zero-order chi connectivity index (χ0) is 29.8. The van der Waals surface area contributed by atoms with Crippen molar-refractivity contribution in [2.24, 2.45) is 0 Å². The molecule has 0 spiro atoms. The molecule has 216 valence electrons. The third kappa shape index (κ3) is 8.61. The van der Waals surface area contributed by atoms with Gasteiger partial charge in [0.15, 0.2) is 5.13 Å². The summed E-state index contributed by atoms with van der Waals surface area (Å²) in [5.74, 6) is -0.596. The molecule has 8 nitrogen and oxygen atoms in total. The fourth-order valence-corrected chi connectivity index (χ4v) is 4.57. The zero-order valence-electron chi connectivity index (χ0n) is 22.2. The minimum Gasteiger partial charge on any atom is -0.447 e. The largest absolute Gasteiger partial charge is 0.447 e. The maximum Gasteiger partial charge on any atom is 0.416 e. The van der Waals surface area contributed by atoms with Gasteiger partial charge in [-0.1, -0.05) is 35.6 Å². The number of amides is 2. The standard InChI is InChI=1S/C28H26F4N4O4S/c1-27(2,3)40-26(38)35-21(10-16-4-8-20(9-5-16)28(30,31)32)15-39-25(37)36-24-34-14-22(41-24)17-6-7-18-13-33-23(29)12-19(18)11-17/h4-9,11-14,21H,10,15H2,1-3H3,(H,35,38)(H,34,36,37)/t21-/m0/s1. The van der Waals surface area contributed by atoms with Crippen LogP contribution in [0.3, 0.4) is 0 Å². The van der Waals surface area contributed by atoms with Gasteiger partial charge in [0.1, 0.15) is 12.2 Å². The minimum absolute atomic E-state index is 0.0735. The van der Waals surface area contributed by atoms with Gasteiger partial charge < -0.3 is 14.8 Å². The Hall–Kier alpha value is -4.26. The molecule has 0 aliphatic heterocycles. The second kappa shape index (κ2) is 12.1. The van der Waals surface area contributed by atoms with E-state index in [1.54, 1.807) is 39.1 Å². The fourth-order valence-electron chi connectivity index (χ4n) is 3.77. The Labute approximate surface area is 236 Å². The van der Waals surface area contributed by atoms with Gasteiger partial charge in [-0.25, -0.2) is 19.6 Å². The van der Waals surface area contributed by atoms with Crippen molar-refractivity contribution in [3.63, 3.8) is 0 Å². The molecule has 0 saturated carbocycles. The van der Waals surface area contributed by atoms with E-state index in [0.29, 0.717) is 15.8 Å². The zero-order valence-corrected chi connectivity index (χ0v) is 23.0. The molecule has 0 aliphatic rings. The van der Waals surface area contributed by atoms with Gasteiger partial charge in [-0.05, 0) is 61.9 Å². The number of alkyl halides is 3. The number of alkyl carbamates (subject to hydrolysis) is 1. The molecule has 0 radical (unpaired) electrons. The Morgan fingerprint density at radius 1 is 0.951 bits per heavy atom. The quantitative estimate of drug-likeness (QED) is 0.174. The summed E-state index contributed by atoms with van der Waals surface area (Å²) in [6.07, 6.45) is -3.03. The van der Waals surface area contributed by atoms with E-state index in [-0.39, 0.29) is 18.2 Å². The lowest BCUT2D eigenvalue weighted by Gasteiger charge is -2.23. The average molecular weight is 591 g/mol. The maximum absolute atomic E-state index is 13.5. The predicted molar refractivity (Wildman–Crippen MR) is 146 cm³/mol. The monoisotopic (exact) mass is 590 g/mol. The number of halogens is 4. The van der Waals surface area contributed by atoms with Crippen LogP contribution in [-0.2, 0) is 22.1 Å². The molecule has 0 saturated heterocycles. The molecule has 0 unspecified atom stereocenters. The number of pyridine rings is 1. The number of ether oxygens (including phenoxy) is 2. The molecule has 4 rings (SSSR count). The topological polar surface area (TPSA) is 102 Å². The van der Waals surface area contributed by atoms with Gasteiger partial charge in [0.25, 0.3) is 0 Å². The van der Waals surface area contributed by atoms with Crippen LogP contribution in [0.1, 0.15) is 31.9 Å². The summed E-state index contributed by atoms with van der Waals surface area (Å²) in [6, 6.07) is 10.4. The molecule has 2 N–H and O–H groups in total. The first-order valence-electron chi connectivity index (χ1n) is 12.4. The van der Waals surface area contributed by atoms with Crippen molar-refractivity contribution in [1.82, 2.24) is 15.3 Å². The van der Waals surface area contributed by atoms with Crippen molar-refractivity contribution in [1.29, 1.82) is 0 Å². The molecule has 2 aromatic heterocycles. The van der Waals surface area contributed by atoms with Crippen LogP contribution in [0.2, 0.25) is 0 Å². The number of nitrogens with one attached hydrogen (secondary N) is 2. The van der Waals surface area contributed by atoms with E-state index >= 15 is 0 Å². The normalized spacial score (nSPS) is 12.6. The first-order valence-corrected chi connectivity index (χ1v) is 13.2. The summed E-state index contributed by atoms with van der Waals surface area (Å²) < 4.78 is 62.8. The molecule has 2 heterocycles. The first kappa shape index (κ1) is 29.7. The molecule has 2 aromatic carbocycles. The molecule has 41 heavy (non-hydrogen) atoms. The van der Waals surface area contributed by atoms with Crippen molar-refractivity contribution in [2.75, 3.05) is 11.9 Å². The second-order valence-corrected chi connectivity index (χ2v) is 11.1. The van der Waals surface area contributed by atoms with Crippen LogP contribution < -0.4 is 10.6 Å².